The lowest BCUT2D eigenvalue weighted by atomic mass is 9.84. The summed E-state index contributed by atoms with van der Waals surface area (Å²) in [6.45, 7) is 9.44. The minimum Gasteiger partial charge on any atom is -0.493 e. The molecule has 1 nitrogen and oxygen atoms in total. The van der Waals surface area contributed by atoms with Gasteiger partial charge in [0.1, 0.15) is 5.75 Å². The van der Waals surface area contributed by atoms with Gasteiger partial charge in [0.2, 0.25) is 0 Å². The Morgan fingerprint density at radius 1 is 1.20 bits per heavy atom. The van der Waals surface area contributed by atoms with Gasteiger partial charge in [0.15, 0.2) is 0 Å². The van der Waals surface area contributed by atoms with E-state index in [1.54, 1.807) is 0 Å². The zero-order chi connectivity index (χ0) is 11.3. The van der Waals surface area contributed by atoms with Gasteiger partial charge in [0.05, 0.1) is 6.61 Å². The fourth-order valence-electron chi connectivity index (χ4n) is 2.06. The normalized spacial score (nSPS) is 18.6. The van der Waals surface area contributed by atoms with E-state index in [4.69, 9.17) is 4.74 Å². The van der Waals surface area contributed by atoms with Gasteiger partial charge in [-0.1, -0.05) is 45.9 Å². The maximum atomic E-state index is 5.60. The van der Waals surface area contributed by atoms with Crippen LogP contribution in [0.5, 0.6) is 5.75 Å². The van der Waals surface area contributed by atoms with Crippen molar-refractivity contribution in [1.29, 1.82) is 0 Å². The highest BCUT2D eigenvalue weighted by molar-refractivity contribution is 5.37. The van der Waals surface area contributed by atoms with E-state index < -0.39 is 0 Å². The smallest absolute Gasteiger partial charge is 0.122 e. The van der Waals surface area contributed by atoms with Crippen molar-refractivity contribution in [3.8, 4) is 5.75 Å². The van der Waals surface area contributed by atoms with Crippen LogP contribution in [0.2, 0.25) is 0 Å². The van der Waals surface area contributed by atoms with Gasteiger partial charge in [-0.15, -0.1) is 0 Å². The van der Waals surface area contributed by atoms with Crippen molar-refractivity contribution >= 4 is 0 Å². The average molecular weight is 206 g/mol. The number of hydrogen-bond donors (Lipinski definition) is 0. The third-order valence-electron chi connectivity index (χ3n) is 2.81. The molecule has 1 heterocycles. The number of hydrogen-bond acceptors (Lipinski definition) is 1. The van der Waals surface area contributed by atoms with Crippen LogP contribution in [0.3, 0.4) is 0 Å². The summed E-state index contributed by atoms with van der Waals surface area (Å²) in [6, 6.07) is 8.41. The minimum atomic E-state index is 0.685. The van der Waals surface area contributed by atoms with Crippen LogP contribution in [0.1, 0.15) is 45.6 Å². The van der Waals surface area contributed by atoms with Crippen molar-refractivity contribution in [2.24, 2.45) is 5.92 Å². The number of fused-ring (bicyclic) bond motifs is 1. The number of ether oxygens (including phenoxy) is 1. The van der Waals surface area contributed by atoms with Crippen LogP contribution < -0.4 is 4.74 Å². The maximum absolute atomic E-state index is 5.60. The van der Waals surface area contributed by atoms with Crippen molar-refractivity contribution in [3.05, 3.63) is 29.8 Å². The third kappa shape index (κ3) is 2.74. The summed E-state index contributed by atoms with van der Waals surface area (Å²) in [7, 11) is 0. The van der Waals surface area contributed by atoms with Crippen LogP contribution in [-0.2, 0) is 0 Å². The third-order valence-corrected chi connectivity index (χ3v) is 2.81. The molecular formula is C14H22O. The van der Waals surface area contributed by atoms with Gasteiger partial charge in [-0.05, 0) is 29.9 Å². The van der Waals surface area contributed by atoms with Crippen LogP contribution in [0, 0.1) is 5.92 Å². The molecular weight excluding hydrogens is 184 g/mol. The summed E-state index contributed by atoms with van der Waals surface area (Å²) in [5, 5.41) is 0. The van der Waals surface area contributed by atoms with Gasteiger partial charge >= 0.3 is 0 Å². The fraction of sp³-hybridized carbons (Fsp3) is 0.571. The Morgan fingerprint density at radius 2 is 1.87 bits per heavy atom. The zero-order valence-electron chi connectivity index (χ0n) is 10.3. The van der Waals surface area contributed by atoms with E-state index in [-0.39, 0.29) is 0 Å². The van der Waals surface area contributed by atoms with Crippen molar-refractivity contribution in [2.75, 3.05) is 6.61 Å². The first-order valence-corrected chi connectivity index (χ1v) is 6.01. The summed E-state index contributed by atoms with van der Waals surface area (Å²) < 4.78 is 5.60. The van der Waals surface area contributed by atoms with Gasteiger partial charge < -0.3 is 4.74 Å². The van der Waals surface area contributed by atoms with Gasteiger partial charge in [-0.25, -0.2) is 0 Å². The molecule has 1 heteroatoms. The van der Waals surface area contributed by atoms with Crippen molar-refractivity contribution in [3.63, 3.8) is 0 Å². The molecule has 0 bridgehead atoms. The predicted molar refractivity (Wildman–Crippen MR) is 65.5 cm³/mol. The largest absolute Gasteiger partial charge is 0.493 e. The van der Waals surface area contributed by atoms with Gasteiger partial charge in [-0.2, -0.15) is 0 Å². The predicted octanol–water partition coefficient (Wildman–Crippen LogP) is 4.23. The molecule has 2 rings (SSSR count). The summed E-state index contributed by atoms with van der Waals surface area (Å²) in [4.78, 5) is 0. The lowest BCUT2D eigenvalue weighted by molar-refractivity contribution is 0.247. The SMILES string of the molecule is CC.CC(C)C1CCOc2ccccc21. The number of para-hydroxylation sites is 1. The Balaban J connectivity index is 0.000000531. The number of rotatable bonds is 1. The molecule has 1 aliphatic rings. The summed E-state index contributed by atoms with van der Waals surface area (Å²) in [6.07, 6.45) is 1.16. The van der Waals surface area contributed by atoms with Crippen LogP contribution in [0.25, 0.3) is 0 Å². The molecule has 1 atom stereocenters. The topological polar surface area (TPSA) is 9.23 Å². The number of benzene rings is 1. The first-order valence-electron chi connectivity index (χ1n) is 6.01. The highest BCUT2D eigenvalue weighted by atomic mass is 16.5. The molecule has 84 valence electrons. The summed E-state index contributed by atoms with van der Waals surface area (Å²) in [5.41, 5.74) is 1.39. The molecule has 0 saturated heterocycles. The lowest BCUT2D eigenvalue weighted by Crippen LogP contribution is -2.17. The van der Waals surface area contributed by atoms with Crippen LogP contribution in [0.4, 0.5) is 0 Å². The van der Waals surface area contributed by atoms with Gasteiger partial charge in [0.25, 0.3) is 0 Å². The molecule has 1 unspecified atom stereocenters. The first-order chi connectivity index (χ1) is 7.29. The summed E-state index contributed by atoms with van der Waals surface area (Å²) in [5.74, 6) is 2.49. The molecule has 1 aromatic carbocycles. The second kappa shape index (κ2) is 5.79. The molecule has 0 aliphatic carbocycles. The maximum Gasteiger partial charge on any atom is 0.122 e. The van der Waals surface area contributed by atoms with E-state index in [9.17, 15) is 0 Å². The molecule has 0 fully saturated rings. The van der Waals surface area contributed by atoms with Crippen molar-refractivity contribution in [2.45, 2.75) is 40.0 Å². The van der Waals surface area contributed by atoms with Crippen molar-refractivity contribution in [1.82, 2.24) is 0 Å². The quantitative estimate of drug-likeness (QED) is 0.668. The Hall–Kier alpha value is -0.980. The highest BCUT2D eigenvalue weighted by Gasteiger charge is 2.23. The Kier molecular flexibility index (Phi) is 4.67. The van der Waals surface area contributed by atoms with E-state index in [2.05, 4.69) is 32.0 Å². The van der Waals surface area contributed by atoms with E-state index in [0.717, 1.165) is 18.8 Å². The Morgan fingerprint density at radius 3 is 2.53 bits per heavy atom. The molecule has 0 spiro atoms. The molecule has 0 N–H and O–H groups in total. The second-order valence-corrected chi connectivity index (χ2v) is 4.03. The van der Waals surface area contributed by atoms with E-state index in [0.29, 0.717) is 11.8 Å². The van der Waals surface area contributed by atoms with Gasteiger partial charge in [-0.3, -0.25) is 0 Å². The summed E-state index contributed by atoms with van der Waals surface area (Å²) >= 11 is 0. The van der Waals surface area contributed by atoms with E-state index >= 15 is 0 Å². The molecule has 0 radical (unpaired) electrons. The molecule has 0 saturated carbocycles. The first kappa shape index (κ1) is 12.1. The fourth-order valence-corrected chi connectivity index (χ4v) is 2.06. The average Bonchev–Trinajstić information content (AvgIpc) is 2.31. The lowest BCUT2D eigenvalue weighted by Gasteiger charge is -2.28. The van der Waals surface area contributed by atoms with E-state index in [1.165, 1.54) is 5.56 Å². The molecule has 0 aromatic heterocycles. The van der Waals surface area contributed by atoms with E-state index in [1.807, 2.05) is 19.9 Å². The van der Waals surface area contributed by atoms with Crippen LogP contribution >= 0.6 is 0 Å². The monoisotopic (exact) mass is 206 g/mol. The molecule has 15 heavy (non-hydrogen) atoms. The molecule has 0 amide bonds. The van der Waals surface area contributed by atoms with Gasteiger partial charge in [0, 0.05) is 0 Å². The standard InChI is InChI=1S/C12H16O.C2H6/c1-9(2)10-7-8-13-12-6-4-3-5-11(10)12;1-2/h3-6,9-10H,7-8H2,1-2H3;1-2H3. The van der Waals surface area contributed by atoms with Crippen molar-refractivity contribution < 1.29 is 4.74 Å². The highest BCUT2D eigenvalue weighted by Crippen LogP contribution is 2.37. The molecule has 1 aliphatic heterocycles. The van der Waals surface area contributed by atoms with Crippen LogP contribution in [0.15, 0.2) is 24.3 Å². The second-order valence-electron chi connectivity index (χ2n) is 4.03. The molecule has 1 aromatic rings. The zero-order valence-corrected chi connectivity index (χ0v) is 10.3. The Labute approximate surface area is 93.5 Å². The van der Waals surface area contributed by atoms with Crippen LogP contribution in [-0.4, -0.2) is 6.61 Å². The Bertz CT molecular complexity index is 291. The minimum absolute atomic E-state index is 0.685.